The third-order valence-electron chi connectivity index (χ3n) is 3.49. The van der Waals surface area contributed by atoms with E-state index in [4.69, 9.17) is 24.2 Å². The Hall–Kier alpha value is -3.73. The first kappa shape index (κ1) is 17.1. The molecule has 0 bridgehead atoms. The average molecular weight is 353 g/mol. The van der Waals surface area contributed by atoms with E-state index in [1.165, 1.54) is 13.3 Å². The lowest BCUT2D eigenvalue weighted by Crippen LogP contribution is -2.17. The number of amides is 1. The van der Waals surface area contributed by atoms with Gasteiger partial charge < -0.3 is 18.9 Å². The Morgan fingerprint density at radius 1 is 1.27 bits per heavy atom. The molecule has 8 nitrogen and oxygen atoms in total. The van der Waals surface area contributed by atoms with E-state index in [9.17, 15) is 4.79 Å². The van der Waals surface area contributed by atoms with Crippen LogP contribution in [-0.2, 0) is 0 Å². The van der Waals surface area contributed by atoms with Crippen molar-refractivity contribution in [3.8, 4) is 29.1 Å². The van der Waals surface area contributed by atoms with Gasteiger partial charge >= 0.3 is 0 Å². The lowest BCUT2D eigenvalue weighted by molar-refractivity contribution is 0.0954. The fraction of sp³-hybridized carbons (Fsp3) is 0.167. The largest absolute Gasteiger partial charge is 0.493 e. The maximum Gasteiger partial charge on any atom is 0.271 e. The molecular formula is C18H15N3O5. The van der Waals surface area contributed by atoms with Gasteiger partial charge in [-0.2, -0.15) is 10.4 Å². The van der Waals surface area contributed by atoms with E-state index >= 15 is 0 Å². The van der Waals surface area contributed by atoms with Gasteiger partial charge in [0.25, 0.3) is 5.91 Å². The predicted octanol–water partition coefficient (Wildman–Crippen LogP) is 2.09. The molecule has 1 aliphatic heterocycles. The summed E-state index contributed by atoms with van der Waals surface area (Å²) in [5.41, 5.74) is 3.54. The topological polar surface area (TPSA) is 102 Å². The SMILES string of the molecule is COc1cc(/C=N\NC(=O)c2ccc3c(c2)OCO3)ccc1OCC#N. The molecule has 3 rings (SSSR count). The minimum Gasteiger partial charge on any atom is -0.493 e. The number of hydrogen-bond acceptors (Lipinski definition) is 7. The van der Waals surface area contributed by atoms with Gasteiger partial charge in [-0.3, -0.25) is 4.79 Å². The van der Waals surface area contributed by atoms with E-state index in [2.05, 4.69) is 10.5 Å². The molecule has 0 radical (unpaired) electrons. The summed E-state index contributed by atoms with van der Waals surface area (Å²) < 4.78 is 20.9. The van der Waals surface area contributed by atoms with E-state index < -0.39 is 0 Å². The van der Waals surface area contributed by atoms with Crippen molar-refractivity contribution in [2.45, 2.75) is 0 Å². The lowest BCUT2D eigenvalue weighted by atomic mass is 10.2. The van der Waals surface area contributed by atoms with Gasteiger partial charge in [0.1, 0.15) is 6.07 Å². The van der Waals surface area contributed by atoms with Crippen LogP contribution in [0.1, 0.15) is 15.9 Å². The molecule has 132 valence electrons. The van der Waals surface area contributed by atoms with E-state index in [1.807, 2.05) is 6.07 Å². The van der Waals surface area contributed by atoms with E-state index in [-0.39, 0.29) is 19.3 Å². The predicted molar refractivity (Wildman–Crippen MR) is 91.7 cm³/mol. The highest BCUT2D eigenvalue weighted by Gasteiger charge is 2.15. The summed E-state index contributed by atoms with van der Waals surface area (Å²) in [6, 6.07) is 11.9. The zero-order chi connectivity index (χ0) is 18.4. The molecule has 26 heavy (non-hydrogen) atoms. The summed E-state index contributed by atoms with van der Waals surface area (Å²) in [5, 5.41) is 12.5. The molecule has 8 heteroatoms. The molecule has 0 spiro atoms. The monoisotopic (exact) mass is 353 g/mol. The minimum absolute atomic E-state index is 0.0740. The maximum atomic E-state index is 12.1. The van der Waals surface area contributed by atoms with Crippen LogP contribution in [0.5, 0.6) is 23.0 Å². The Bertz CT molecular complexity index is 889. The molecule has 0 saturated heterocycles. The first-order valence-electron chi connectivity index (χ1n) is 7.62. The van der Waals surface area contributed by atoms with Gasteiger partial charge in [-0.1, -0.05) is 0 Å². The van der Waals surface area contributed by atoms with Crippen molar-refractivity contribution in [3.63, 3.8) is 0 Å². The van der Waals surface area contributed by atoms with Crippen LogP contribution in [0.15, 0.2) is 41.5 Å². The minimum atomic E-state index is -0.375. The molecule has 2 aromatic rings. The summed E-state index contributed by atoms with van der Waals surface area (Å²) in [7, 11) is 1.50. The number of ether oxygens (including phenoxy) is 4. The molecule has 1 amide bonds. The van der Waals surface area contributed by atoms with Crippen LogP contribution in [-0.4, -0.2) is 32.6 Å². The third-order valence-corrected chi connectivity index (χ3v) is 3.49. The molecule has 0 aliphatic carbocycles. The van der Waals surface area contributed by atoms with Gasteiger partial charge in [-0.15, -0.1) is 0 Å². The number of benzene rings is 2. The second-order valence-corrected chi connectivity index (χ2v) is 5.12. The van der Waals surface area contributed by atoms with E-state index in [0.29, 0.717) is 34.1 Å². The Labute approximate surface area is 149 Å². The van der Waals surface area contributed by atoms with Crippen LogP contribution in [0.4, 0.5) is 0 Å². The van der Waals surface area contributed by atoms with Crippen LogP contribution < -0.4 is 24.4 Å². The number of carbonyl (C=O) groups excluding carboxylic acids is 1. The summed E-state index contributed by atoms with van der Waals surface area (Å²) in [6.45, 7) is 0.0733. The van der Waals surface area contributed by atoms with Crippen molar-refractivity contribution in [1.29, 1.82) is 5.26 Å². The summed E-state index contributed by atoms with van der Waals surface area (Å²) >= 11 is 0. The number of nitriles is 1. The number of fused-ring (bicyclic) bond motifs is 1. The van der Waals surface area contributed by atoms with Crippen molar-refractivity contribution < 1.29 is 23.7 Å². The fourth-order valence-corrected chi connectivity index (χ4v) is 2.26. The molecule has 0 aromatic heterocycles. The van der Waals surface area contributed by atoms with Crippen LogP contribution in [0, 0.1) is 11.3 Å². The van der Waals surface area contributed by atoms with E-state index in [1.54, 1.807) is 36.4 Å². The smallest absolute Gasteiger partial charge is 0.271 e. The van der Waals surface area contributed by atoms with E-state index in [0.717, 1.165) is 0 Å². The van der Waals surface area contributed by atoms with Crippen molar-refractivity contribution in [2.75, 3.05) is 20.5 Å². The Morgan fingerprint density at radius 2 is 2.12 bits per heavy atom. The molecule has 1 N–H and O–H groups in total. The quantitative estimate of drug-likeness (QED) is 0.630. The molecule has 0 fully saturated rings. The lowest BCUT2D eigenvalue weighted by Gasteiger charge is -2.08. The second-order valence-electron chi connectivity index (χ2n) is 5.12. The van der Waals surface area contributed by atoms with Crippen LogP contribution in [0.2, 0.25) is 0 Å². The van der Waals surface area contributed by atoms with Crippen molar-refractivity contribution in [1.82, 2.24) is 5.43 Å². The number of nitrogens with one attached hydrogen (secondary N) is 1. The van der Waals surface area contributed by atoms with Gasteiger partial charge in [0.05, 0.1) is 13.3 Å². The first-order valence-corrected chi connectivity index (χ1v) is 7.62. The molecule has 2 aromatic carbocycles. The number of methoxy groups -OCH3 is 1. The van der Waals surface area contributed by atoms with Crippen molar-refractivity contribution in [2.24, 2.45) is 5.10 Å². The second kappa shape index (κ2) is 7.90. The third kappa shape index (κ3) is 3.84. The van der Waals surface area contributed by atoms with Gasteiger partial charge in [0.2, 0.25) is 6.79 Å². The normalized spacial score (nSPS) is 11.8. The summed E-state index contributed by atoms with van der Waals surface area (Å²) in [6.07, 6.45) is 1.47. The zero-order valence-electron chi connectivity index (χ0n) is 13.9. The number of nitrogens with zero attached hydrogens (tertiary/aromatic N) is 2. The molecular weight excluding hydrogens is 338 g/mol. The van der Waals surface area contributed by atoms with Crippen molar-refractivity contribution >= 4 is 12.1 Å². The molecule has 1 aliphatic rings. The highest BCUT2D eigenvalue weighted by atomic mass is 16.7. The van der Waals surface area contributed by atoms with Crippen LogP contribution in [0.3, 0.4) is 0 Å². The molecule has 1 heterocycles. The fourth-order valence-electron chi connectivity index (χ4n) is 2.26. The molecule has 0 saturated carbocycles. The maximum absolute atomic E-state index is 12.1. The molecule has 0 atom stereocenters. The Morgan fingerprint density at radius 3 is 2.92 bits per heavy atom. The van der Waals surface area contributed by atoms with Gasteiger partial charge in [0, 0.05) is 5.56 Å². The van der Waals surface area contributed by atoms with Gasteiger partial charge in [-0.25, -0.2) is 5.43 Å². The average Bonchev–Trinajstić information content (AvgIpc) is 3.14. The Kier molecular flexibility index (Phi) is 5.19. The number of hydrogen-bond donors (Lipinski definition) is 1. The first-order chi connectivity index (χ1) is 12.7. The van der Waals surface area contributed by atoms with Crippen LogP contribution in [0.25, 0.3) is 0 Å². The summed E-state index contributed by atoms with van der Waals surface area (Å²) in [4.78, 5) is 12.1. The highest BCUT2D eigenvalue weighted by Crippen LogP contribution is 2.32. The zero-order valence-corrected chi connectivity index (χ0v) is 13.9. The highest BCUT2D eigenvalue weighted by molar-refractivity contribution is 5.95. The van der Waals surface area contributed by atoms with Crippen LogP contribution >= 0.6 is 0 Å². The number of rotatable bonds is 6. The van der Waals surface area contributed by atoms with Gasteiger partial charge in [0.15, 0.2) is 29.6 Å². The Balaban J connectivity index is 1.64. The van der Waals surface area contributed by atoms with Crippen molar-refractivity contribution in [3.05, 3.63) is 47.5 Å². The standard InChI is InChI=1S/C18H15N3O5/c1-23-16-8-12(2-4-14(16)24-7-6-19)10-20-21-18(22)13-3-5-15-17(9-13)26-11-25-15/h2-5,8-10H,7,11H2,1H3,(H,21,22)/b20-10-. The number of carbonyl (C=O) groups is 1. The van der Waals surface area contributed by atoms with Gasteiger partial charge in [-0.05, 0) is 42.0 Å². The summed E-state index contributed by atoms with van der Waals surface area (Å²) in [5.74, 6) is 1.68. The number of hydrazone groups is 1. The molecule has 0 unspecified atom stereocenters.